The third-order valence-electron chi connectivity index (χ3n) is 2.50. The molecule has 0 aromatic rings. The molecule has 3 nitrogen and oxygen atoms in total. The smallest absolute Gasteiger partial charge is 0.300 e. The van der Waals surface area contributed by atoms with Crippen LogP contribution in [0.4, 0.5) is 0 Å². The molecule has 1 aliphatic heterocycles. The van der Waals surface area contributed by atoms with Crippen molar-refractivity contribution in [2.45, 2.75) is 38.5 Å². The van der Waals surface area contributed by atoms with Gasteiger partial charge in [-0.2, -0.15) is 0 Å². The van der Waals surface area contributed by atoms with Crippen LogP contribution in [-0.4, -0.2) is 29.4 Å². The first-order chi connectivity index (χ1) is 6.92. The Hall–Kier alpha value is 0.370. The van der Waals surface area contributed by atoms with Gasteiger partial charge in [-0.25, -0.2) is 0 Å². The maximum Gasteiger partial charge on any atom is 0.509 e. The molecule has 1 heterocycles. The van der Waals surface area contributed by atoms with E-state index in [2.05, 4.69) is 33.0 Å². The normalized spacial score (nSPS) is 25.9. The van der Waals surface area contributed by atoms with E-state index < -0.39 is 8.03 Å². The molecule has 1 rings (SSSR count). The first-order valence-corrected chi connectivity index (χ1v) is 7.71. The minimum absolute atomic E-state index is 0.173. The van der Waals surface area contributed by atoms with Crippen LogP contribution in [0.15, 0.2) is 0 Å². The molecule has 5 heteroatoms. The Morgan fingerprint density at radius 2 is 2.27 bits per heavy atom. The van der Waals surface area contributed by atoms with E-state index in [0.29, 0.717) is 24.7 Å². The fourth-order valence-electron chi connectivity index (χ4n) is 1.39. The lowest BCUT2D eigenvalue weighted by Crippen LogP contribution is -2.38. The molecular weight excluding hydrogens is 229 g/mol. The van der Waals surface area contributed by atoms with Gasteiger partial charge in [-0.3, -0.25) is 5.32 Å². The Morgan fingerprint density at radius 3 is 2.73 bits per heavy atom. The number of hydrogen-bond acceptors (Lipinski definition) is 4. The van der Waals surface area contributed by atoms with Gasteiger partial charge in [0.05, 0.1) is 6.04 Å². The summed E-state index contributed by atoms with van der Waals surface area (Å²) in [5.41, 5.74) is 0. The van der Waals surface area contributed by atoms with E-state index >= 15 is 0 Å². The van der Waals surface area contributed by atoms with Gasteiger partial charge in [0.25, 0.3) is 0 Å². The van der Waals surface area contributed by atoms with E-state index in [1.54, 1.807) is 0 Å². The quantitative estimate of drug-likeness (QED) is 0.761. The Bertz CT molecular complexity index is 233. The summed E-state index contributed by atoms with van der Waals surface area (Å²) in [7, 11) is -1.51. The molecule has 1 N–H and O–H groups in total. The molecule has 2 atom stereocenters. The average Bonchev–Trinajstić information content (AvgIpc) is 2.43. The molecule has 15 heavy (non-hydrogen) atoms. The number of hydrogen-bond donors (Lipinski definition) is 1. The highest BCUT2D eigenvalue weighted by Gasteiger charge is 2.40. The van der Waals surface area contributed by atoms with Gasteiger partial charge >= 0.3 is 8.03 Å². The minimum Gasteiger partial charge on any atom is -0.300 e. The van der Waals surface area contributed by atoms with E-state index in [9.17, 15) is 4.57 Å². The molecule has 0 radical (unpaired) electrons. The maximum atomic E-state index is 11.7. The monoisotopic (exact) mass is 250 g/mol. The van der Waals surface area contributed by atoms with Gasteiger partial charge < -0.3 is 0 Å². The number of thioether (sulfide) groups is 1. The summed E-state index contributed by atoms with van der Waals surface area (Å²) in [6.45, 7) is 9.10. The van der Waals surface area contributed by atoms with Crippen molar-refractivity contribution in [1.82, 2.24) is 5.32 Å². The van der Waals surface area contributed by atoms with Gasteiger partial charge in [-0.05, 0) is 24.3 Å². The molecule has 0 aromatic heterocycles. The molecule has 1 aliphatic rings. The average molecular weight is 250 g/mol. The second-order valence-electron chi connectivity index (χ2n) is 4.85. The molecule has 0 aliphatic carbocycles. The first-order valence-electron chi connectivity index (χ1n) is 5.36. The Kier molecular flexibility index (Phi) is 5.04. The Morgan fingerprint density at radius 1 is 1.60 bits per heavy atom. The van der Waals surface area contributed by atoms with E-state index in [1.165, 1.54) is 0 Å². The van der Waals surface area contributed by atoms with Crippen LogP contribution in [0.1, 0.15) is 27.7 Å². The number of nitrogens with one attached hydrogen (secondary N) is 1. The zero-order valence-electron chi connectivity index (χ0n) is 9.95. The van der Waals surface area contributed by atoms with Crippen molar-refractivity contribution in [2.24, 2.45) is 5.92 Å². The number of rotatable bonds is 5. The summed E-state index contributed by atoms with van der Waals surface area (Å²) >= 11 is 1.88. The standard InChI is InChI=1S/C10H21NO2PS/c1-8(2)5-13-14(12)6-9-10(3,4)15-7-11-9/h8-9,11H,5-7H2,1-4H3/q+1. The molecule has 0 aromatic carbocycles. The largest absolute Gasteiger partial charge is 0.509 e. The SMILES string of the molecule is CC(C)CO[P+](=O)CC1NCSC1(C)C. The third kappa shape index (κ3) is 4.39. The van der Waals surface area contributed by atoms with Gasteiger partial charge in [0.2, 0.25) is 0 Å². The van der Waals surface area contributed by atoms with E-state index in [4.69, 9.17) is 4.52 Å². The van der Waals surface area contributed by atoms with E-state index in [0.717, 1.165) is 5.88 Å². The van der Waals surface area contributed by atoms with E-state index in [-0.39, 0.29) is 4.75 Å². The molecule has 0 saturated carbocycles. The second-order valence-corrected chi connectivity index (χ2v) is 7.77. The fourth-order valence-corrected chi connectivity index (χ4v) is 3.99. The molecular formula is C10H21NO2PS+. The zero-order chi connectivity index (χ0) is 11.5. The van der Waals surface area contributed by atoms with Crippen LogP contribution in [0, 0.1) is 5.92 Å². The zero-order valence-corrected chi connectivity index (χ0v) is 11.7. The van der Waals surface area contributed by atoms with Gasteiger partial charge in [0, 0.05) is 10.6 Å². The summed E-state index contributed by atoms with van der Waals surface area (Å²) in [5, 5.41) is 3.36. The van der Waals surface area contributed by atoms with Crippen LogP contribution in [0.2, 0.25) is 0 Å². The summed E-state index contributed by atoms with van der Waals surface area (Å²) in [4.78, 5) is 0. The molecule has 2 unspecified atom stereocenters. The highest BCUT2D eigenvalue weighted by atomic mass is 32.2. The van der Waals surface area contributed by atoms with Crippen LogP contribution in [0.5, 0.6) is 0 Å². The molecule has 0 bridgehead atoms. The van der Waals surface area contributed by atoms with Crippen LogP contribution in [0.25, 0.3) is 0 Å². The minimum atomic E-state index is -1.51. The highest BCUT2D eigenvalue weighted by molar-refractivity contribution is 8.00. The maximum absolute atomic E-state index is 11.7. The highest BCUT2D eigenvalue weighted by Crippen LogP contribution is 2.37. The lowest BCUT2D eigenvalue weighted by atomic mass is 10.1. The van der Waals surface area contributed by atoms with Crippen molar-refractivity contribution in [2.75, 3.05) is 18.6 Å². The molecule has 0 amide bonds. The Labute approximate surface area is 97.6 Å². The molecule has 0 spiro atoms. The van der Waals surface area contributed by atoms with Crippen molar-refractivity contribution in [3.05, 3.63) is 0 Å². The van der Waals surface area contributed by atoms with Crippen LogP contribution in [-0.2, 0) is 9.09 Å². The second kappa shape index (κ2) is 5.62. The van der Waals surface area contributed by atoms with Crippen LogP contribution >= 0.6 is 19.8 Å². The van der Waals surface area contributed by atoms with Gasteiger partial charge in [-0.1, -0.05) is 13.8 Å². The lowest BCUT2D eigenvalue weighted by Gasteiger charge is -2.21. The molecule has 1 saturated heterocycles. The van der Waals surface area contributed by atoms with Gasteiger partial charge in [-0.15, -0.1) is 16.3 Å². The van der Waals surface area contributed by atoms with Crippen molar-refractivity contribution >= 4 is 19.8 Å². The fraction of sp³-hybridized carbons (Fsp3) is 1.00. The lowest BCUT2D eigenvalue weighted by molar-refractivity contribution is 0.280. The molecule has 88 valence electrons. The summed E-state index contributed by atoms with van der Waals surface area (Å²) < 4.78 is 17.2. The summed E-state index contributed by atoms with van der Waals surface area (Å²) in [6.07, 6.45) is 0.627. The molecule has 1 fully saturated rings. The van der Waals surface area contributed by atoms with Gasteiger partial charge in [0.1, 0.15) is 6.61 Å². The van der Waals surface area contributed by atoms with Crippen molar-refractivity contribution < 1.29 is 9.09 Å². The summed E-state index contributed by atoms with van der Waals surface area (Å²) in [5.74, 6) is 1.40. The van der Waals surface area contributed by atoms with Crippen LogP contribution < -0.4 is 5.32 Å². The van der Waals surface area contributed by atoms with Crippen LogP contribution in [0.3, 0.4) is 0 Å². The first kappa shape index (κ1) is 13.4. The predicted octanol–water partition coefficient (Wildman–Crippen LogP) is 2.84. The van der Waals surface area contributed by atoms with Crippen molar-refractivity contribution in [3.63, 3.8) is 0 Å². The topological polar surface area (TPSA) is 38.3 Å². The van der Waals surface area contributed by atoms with Gasteiger partial charge in [0.15, 0.2) is 6.16 Å². The van der Waals surface area contributed by atoms with Crippen molar-refractivity contribution in [1.29, 1.82) is 0 Å². The summed E-state index contributed by atoms with van der Waals surface area (Å²) in [6, 6.07) is 0.304. The Balaban J connectivity index is 2.32. The third-order valence-corrected chi connectivity index (χ3v) is 4.94. The van der Waals surface area contributed by atoms with E-state index in [1.807, 2.05) is 11.8 Å². The predicted molar refractivity (Wildman–Crippen MR) is 66.7 cm³/mol. The van der Waals surface area contributed by atoms with Crippen molar-refractivity contribution in [3.8, 4) is 0 Å².